The van der Waals surface area contributed by atoms with Crippen LogP contribution in [-0.4, -0.2) is 50.6 Å². The van der Waals surface area contributed by atoms with Crippen LogP contribution < -0.4 is 4.74 Å². The molecule has 0 N–H and O–H groups in total. The summed E-state index contributed by atoms with van der Waals surface area (Å²) in [5.41, 5.74) is 1.00. The number of aromatic nitrogens is 4. The van der Waals surface area contributed by atoms with Crippen LogP contribution in [0.4, 0.5) is 0 Å². The summed E-state index contributed by atoms with van der Waals surface area (Å²) in [6.07, 6.45) is 3.24. The van der Waals surface area contributed by atoms with Gasteiger partial charge in [-0.3, -0.25) is 4.79 Å². The number of rotatable bonds is 5. The lowest BCUT2D eigenvalue weighted by Crippen LogP contribution is -2.50. The summed E-state index contributed by atoms with van der Waals surface area (Å²) < 4.78 is 10.9. The third-order valence-corrected chi connectivity index (χ3v) is 4.24. The van der Waals surface area contributed by atoms with Gasteiger partial charge in [0.15, 0.2) is 6.61 Å². The second-order valence-corrected chi connectivity index (χ2v) is 6.08. The van der Waals surface area contributed by atoms with Crippen LogP contribution in [0.3, 0.4) is 0 Å². The van der Waals surface area contributed by atoms with Gasteiger partial charge in [0.05, 0.1) is 5.92 Å². The molecular formula is C18H17N5O3. The van der Waals surface area contributed by atoms with Gasteiger partial charge in [-0.1, -0.05) is 23.4 Å². The molecule has 4 rings (SSSR count). The van der Waals surface area contributed by atoms with Crippen molar-refractivity contribution in [1.82, 2.24) is 25.0 Å². The summed E-state index contributed by atoms with van der Waals surface area (Å²) in [6.45, 7) is 3.04. The van der Waals surface area contributed by atoms with E-state index in [0.717, 1.165) is 11.3 Å². The number of hydrogen-bond donors (Lipinski definition) is 0. The molecule has 3 heterocycles. The van der Waals surface area contributed by atoms with E-state index in [-0.39, 0.29) is 18.4 Å². The fourth-order valence-corrected chi connectivity index (χ4v) is 2.69. The second kappa shape index (κ2) is 6.91. The minimum atomic E-state index is -0.0596. The Morgan fingerprint density at radius 3 is 2.73 bits per heavy atom. The summed E-state index contributed by atoms with van der Waals surface area (Å²) in [5.74, 6) is 1.96. The van der Waals surface area contributed by atoms with Gasteiger partial charge in [0.1, 0.15) is 5.75 Å². The first kappa shape index (κ1) is 16.2. The predicted molar refractivity (Wildman–Crippen MR) is 91.3 cm³/mol. The third kappa shape index (κ3) is 3.26. The number of carbonyl (C=O) groups is 1. The number of ether oxygens (including phenoxy) is 1. The number of benzene rings is 1. The van der Waals surface area contributed by atoms with Crippen molar-refractivity contribution in [2.45, 2.75) is 12.8 Å². The topological polar surface area (TPSA) is 94.2 Å². The van der Waals surface area contributed by atoms with Crippen LogP contribution in [0.5, 0.6) is 5.75 Å². The lowest BCUT2D eigenvalue weighted by atomic mass is 10.0. The van der Waals surface area contributed by atoms with Crippen LogP contribution >= 0.6 is 0 Å². The maximum Gasteiger partial charge on any atom is 0.260 e. The Hall–Kier alpha value is -3.29. The fraction of sp³-hybridized carbons (Fsp3) is 0.278. The van der Waals surface area contributed by atoms with Gasteiger partial charge in [-0.05, 0) is 24.6 Å². The Kier molecular flexibility index (Phi) is 4.30. The molecule has 3 aromatic rings. The Labute approximate surface area is 149 Å². The zero-order valence-corrected chi connectivity index (χ0v) is 14.2. The van der Waals surface area contributed by atoms with E-state index in [1.54, 1.807) is 23.4 Å². The Morgan fingerprint density at radius 1 is 1.19 bits per heavy atom. The second-order valence-electron chi connectivity index (χ2n) is 6.08. The largest absolute Gasteiger partial charge is 0.484 e. The van der Waals surface area contributed by atoms with Crippen molar-refractivity contribution in [1.29, 1.82) is 0 Å². The summed E-state index contributed by atoms with van der Waals surface area (Å²) in [6, 6.07) is 9.34. The molecule has 1 amide bonds. The van der Waals surface area contributed by atoms with Crippen LogP contribution in [0.2, 0.25) is 0 Å². The van der Waals surface area contributed by atoms with Gasteiger partial charge in [-0.15, -0.1) is 0 Å². The van der Waals surface area contributed by atoms with Crippen LogP contribution in [0.25, 0.3) is 11.6 Å². The van der Waals surface area contributed by atoms with Gasteiger partial charge < -0.3 is 14.2 Å². The smallest absolute Gasteiger partial charge is 0.260 e. The fourth-order valence-electron chi connectivity index (χ4n) is 2.69. The van der Waals surface area contributed by atoms with E-state index in [1.165, 1.54) is 0 Å². The maximum absolute atomic E-state index is 12.2. The molecule has 0 saturated carbocycles. The van der Waals surface area contributed by atoms with Gasteiger partial charge in [-0.2, -0.15) is 4.98 Å². The van der Waals surface area contributed by atoms with E-state index in [0.29, 0.717) is 30.6 Å². The number of likely N-dealkylation sites (tertiary alicyclic amines) is 1. The van der Waals surface area contributed by atoms with Crippen molar-refractivity contribution in [2.75, 3.05) is 19.7 Å². The molecule has 2 aromatic heterocycles. The van der Waals surface area contributed by atoms with Crippen molar-refractivity contribution in [3.8, 4) is 17.4 Å². The third-order valence-electron chi connectivity index (χ3n) is 4.24. The average Bonchev–Trinajstić information content (AvgIpc) is 3.10. The normalized spacial score (nSPS) is 14.1. The molecule has 0 unspecified atom stereocenters. The molecule has 1 fully saturated rings. The molecule has 132 valence electrons. The Bertz CT molecular complexity index is 906. The van der Waals surface area contributed by atoms with Crippen molar-refractivity contribution in [3.05, 3.63) is 54.2 Å². The molecule has 1 aliphatic rings. The summed E-state index contributed by atoms with van der Waals surface area (Å²) in [5, 5.41) is 3.91. The lowest BCUT2D eigenvalue weighted by molar-refractivity contribution is -0.138. The standard InChI is InChI=1S/C18H17N5O3/c1-12-5-2-3-6-14(12)25-11-15(24)23-9-13(10-23)18-21-17(22-26-18)16-19-7-4-8-20-16/h2-8,13H,9-11H2,1H3. The van der Waals surface area contributed by atoms with Gasteiger partial charge in [0.25, 0.3) is 5.91 Å². The molecule has 0 spiro atoms. The molecule has 0 atom stereocenters. The quantitative estimate of drug-likeness (QED) is 0.692. The monoisotopic (exact) mass is 351 g/mol. The first-order valence-electron chi connectivity index (χ1n) is 8.28. The first-order chi connectivity index (χ1) is 12.7. The number of aryl methyl sites for hydroxylation is 1. The van der Waals surface area contributed by atoms with Crippen molar-refractivity contribution < 1.29 is 14.1 Å². The molecule has 8 heteroatoms. The number of hydrogen-bond acceptors (Lipinski definition) is 7. The highest BCUT2D eigenvalue weighted by Crippen LogP contribution is 2.27. The van der Waals surface area contributed by atoms with Crippen molar-refractivity contribution in [3.63, 3.8) is 0 Å². The minimum Gasteiger partial charge on any atom is -0.484 e. The van der Waals surface area contributed by atoms with E-state index in [4.69, 9.17) is 9.26 Å². The molecule has 0 bridgehead atoms. The first-order valence-corrected chi connectivity index (χ1v) is 8.28. The van der Waals surface area contributed by atoms with E-state index in [9.17, 15) is 4.79 Å². The van der Waals surface area contributed by atoms with E-state index in [1.807, 2.05) is 31.2 Å². The molecule has 1 saturated heterocycles. The summed E-state index contributed by atoms with van der Waals surface area (Å²) in [7, 11) is 0. The molecule has 0 radical (unpaired) electrons. The Morgan fingerprint density at radius 2 is 1.96 bits per heavy atom. The number of amides is 1. The predicted octanol–water partition coefficient (Wildman–Crippen LogP) is 1.84. The van der Waals surface area contributed by atoms with Crippen LogP contribution in [0.15, 0.2) is 47.2 Å². The van der Waals surface area contributed by atoms with Crippen LogP contribution in [-0.2, 0) is 4.79 Å². The Balaban J connectivity index is 1.31. The molecule has 26 heavy (non-hydrogen) atoms. The zero-order chi connectivity index (χ0) is 17.9. The maximum atomic E-state index is 12.2. The van der Waals surface area contributed by atoms with Gasteiger partial charge >= 0.3 is 0 Å². The molecule has 0 aliphatic carbocycles. The molecule has 8 nitrogen and oxygen atoms in total. The van der Waals surface area contributed by atoms with Crippen molar-refractivity contribution >= 4 is 5.91 Å². The highest BCUT2D eigenvalue weighted by atomic mass is 16.5. The van der Waals surface area contributed by atoms with E-state index in [2.05, 4.69) is 20.1 Å². The summed E-state index contributed by atoms with van der Waals surface area (Å²) >= 11 is 0. The van der Waals surface area contributed by atoms with Crippen molar-refractivity contribution in [2.24, 2.45) is 0 Å². The average molecular weight is 351 g/mol. The van der Waals surface area contributed by atoms with Crippen LogP contribution in [0, 0.1) is 6.92 Å². The number of nitrogens with zero attached hydrogens (tertiary/aromatic N) is 5. The molecule has 1 aliphatic heterocycles. The van der Waals surface area contributed by atoms with E-state index < -0.39 is 0 Å². The van der Waals surface area contributed by atoms with Gasteiger partial charge in [0, 0.05) is 25.5 Å². The minimum absolute atomic E-state index is 0.0184. The number of para-hydroxylation sites is 1. The summed E-state index contributed by atoms with van der Waals surface area (Å²) in [4.78, 5) is 26.5. The molecule has 1 aromatic carbocycles. The molecular weight excluding hydrogens is 334 g/mol. The van der Waals surface area contributed by atoms with Gasteiger partial charge in [0.2, 0.25) is 17.5 Å². The van der Waals surface area contributed by atoms with Crippen LogP contribution in [0.1, 0.15) is 17.4 Å². The van der Waals surface area contributed by atoms with Gasteiger partial charge in [-0.25, -0.2) is 9.97 Å². The lowest BCUT2D eigenvalue weighted by Gasteiger charge is -2.36. The highest BCUT2D eigenvalue weighted by molar-refractivity contribution is 5.78. The SMILES string of the molecule is Cc1ccccc1OCC(=O)N1CC(c2nc(-c3ncccn3)no2)C1. The highest BCUT2D eigenvalue weighted by Gasteiger charge is 2.36. The zero-order valence-electron chi connectivity index (χ0n) is 14.2. The van der Waals surface area contributed by atoms with E-state index >= 15 is 0 Å². The number of carbonyl (C=O) groups excluding carboxylic acids is 1.